The molecule has 0 aliphatic rings. The molecule has 0 radical (unpaired) electrons. The van der Waals surface area contributed by atoms with Crippen molar-refractivity contribution in [2.75, 3.05) is 39.1 Å². The molecule has 1 aromatic carbocycles. The van der Waals surface area contributed by atoms with E-state index in [9.17, 15) is 5.11 Å². The Labute approximate surface area is 103 Å². The summed E-state index contributed by atoms with van der Waals surface area (Å²) in [6.07, 6.45) is -0.509. The summed E-state index contributed by atoms with van der Waals surface area (Å²) in [6, 6.07) is 7.36. The van der Waals surface area contributed by atoms with Crippen LogP contribution >= 0.6 is 0 Å². The van der Waals surface area contributed by atoms with Crippen LogP contribution < -0.4 is 5.73 Å². The highest BCUT2D eigenvalue weighted by molar-refractivity contribution is 5.41. The average Bonchev–Trinajstić information content (AvgIpc) is 2.29. The first kappa shape index (κ1) is 14.0. The number of rotatable bonds is 7. The second-order valence-corrected chi connectivity index (χ2v) is 4.15. The highest BCUT2D eigenvalue weighted by Crippen LogP contribution is 2.16. The zero-order chi connectivity index (χ0) is 12.7. The Bertz CT molecular complexity index is 331. The van der Waals surface area contributed by atoms with E-state index in [0.29, 0.717) is 18.8 Å². The summed E-state index contributed by atoms with van der Waals surface area (Å²) >= 11 is 0. The van der Waals surface area contributed by atoms with Gasteiger partial charge in [0.15, 0.2) is 0 Å². The first-order chi connectivity index (χ1) is 8.13. The number of hydrogen-bond donors (Lipinski definition) is 2. The first-order valence-corrected chi connectivity index (χ1v) is 5.93. The van der Waals surface area contributed by atoms with Gasteiger partial charge in [-0.25, -0.2) is 0 Å². The third-order valence-electron chi connectivity index (χ3n) is 2.60. The lowest BCUT2D eigenvalue weighted by molar-refractivity contribution is 0.0891. The van der Waals surface area contributed by atoms with E-state index in [2.05, 4.69) is 0 Å². The van der Waals surface area contributed by atoms with Gasteiger partial charge in [-0.15, -0.1) is 0 Å². The smallest absolute Gasteiger partial charge is 0.0917 e. The molecule has 0 amide bonds. The molecule has 1 rings (SSSR count). The predicted octanol–water partition coefficient (Wildman–Crippen LogP) is 1.27. The molecule has 0 aliphatic carbocycles. The van der Waals surface area contributed by atoms with Gasteiger partial charge in [-0.2, -0.15) is 0 Å². The zero-order valence-electron chi connectivity index (χ0n) is 10.6. The molecule has 0 fully saturated rings. The lowest BCUT2D eigenvalue weighted by atomic mass is 10.1. The molecule has 17 heavy (non-hydrogen) atoms. The molecule has 0 heterocycles. The van der Waals surface area contributed by atoms with Crippen molar-refractivity contribution in [3.8, 4) is 0 Å². The third kappa shape index (κ3) is 5.17. The molecule has 0 saturated carbocycles. The molecule has 4 nitrogen and oxygen atoms in total. The fourth-order valence-corrected chi connectivity index (χ4v) is 1.62. The van der Waals surface area contributed by atoms with Crippen molar-refractivity contribution in [2.24, 2.45) is 0 Å². The van der Waals surface area contributed by atoms with Gasteiger partial charge in [0.25, 0.3) is 0 Å². The topological polar surface area (TPSA) is 58.7 Å². The fraction of sp³-hybridized carbons (Fsp3) is 0.538. The number of ether oxygens (including phenoxy) is 1. The summed E-state index contributed by atoms with van der Waals surface area (Å²) in [7, 11) is 1.97. The Morgan fingerprint density at radius 1 is 1.47 bits per heavy atom. The van der Waals surface area contributed by atoms with E-state index in [0.717, 1.165) is 18.7 Å². The molecule has 0 saturated heterocycles. The van der Waals surface area contributed by atoms with E-state index >= 15 is 0 Å². The molecule has 0 aliphatic heterocycles. The van der Waals surface area contributed by atoms with E-state index < -0.39 is 6.10 Å². The van der Waals surface area contributed by atoms with Crippen molar-refractivity contribution in [1.29, 1.82) is 0 Å². The zero-order valence-corrected chi connectivity index (χ0v) is 10.6. The lowest BCUT2D eigenvalue weighted by Crippen LogP contribution is -2.28. The minimum Gasteiger partial charge on any atom is -0.399 e. The van der Waals surface area contributed by atoms with Crippen molar-refractivity contribution < 1.29 is 9.84 Å². The molecular weight excluding hydrogens is 216 g/mol. The van der Waals surface area contributed by atoms with Crippen LogP contribution in [0.25, 0.3) is 0 Å². The molecule has 0 bridgehead atoms. The van der Waals surface area contributed by atoms with Crippen LogP contribution in [0.5, 0.6) is 0 Å². The number of aliphatic hydroxyl groups excluding tert-OH is 1. The number of nitrogen functional groups attached to an aromatic ring is 1. The summed E-state index contributed by atoms with van der Waals surface area (Å²) in [5.74, 6) is 0. The van der Waals surface area contributed by atoms with Gasteiger partial charge in [0.2, 0.25) is 0 Å². The summed E-state index contributed by atoms with van der Waals surface area (Å²) in [4.78, 5) is 2.05. The van der Waals surface area contributed by atoms with Gasteiger partial charge in [-0.3, -0.25) is 0 Å². The molecule has 3 N–H and O–H groups in total. The monoisotopic (exact) mass is 238 g/mol. The first-order valence-electron chi connectivity index (χ1n) is 5.93. The van der Waals surface area contributed by atoms with Crippen LogP contribution in [0.1, 0.15) is 18.6 Å². The average molecular weight is 238 g/mol. The van der Waals surface area contributed by atoms with Gasteiger partial charge in [-0.1, -0.05) is 12.1 Å². The van der Waals surface area contributed by atoms with Crippen molar-refractivity contribution in [1.82, 2.24) is 4.90 Å². The van der Waals surface area contributed by atoms with Gasteiger partial charge < -0.3 is 20.5 Å². The van der Waals surface area contributed by atoms with E-state index in [-0.39, 0.29) is 0 Å². The summed E-state index contributed by atoms with van der Waals surface area (Å²) in [6.45, 7) is 4.79. The summed E-state index contributed by atoms with van der Waals surface area (Å²) < 4.78 is 5.27. The molecule has 4 heteroatoms. The van der Waals surface area contributed by atoms with Gasteiger partial charge in [0.1, 0.15) is 0 Å². The van der Waals surface area contributed by atoms with Crippen LogP contribution in [-0.4, -0.2) is 43.4 Å². The molecule has 96 valence electrons. The minimum absolute atomic E-state index is 0.509. The maximum absolute atomic E-state index is 10.0. The molecule has 0 spiro atoms. The Morgan fingerprint density at radius 3 is 2.88 bits per heavy atom. The Kier molecular flexibility index (Phi) is 5.97. The number of aliphatic hydroxyl groups is 1. The van der Waals surface area contributed by atoms with E-state index in [1.54, 1.807) is 6.07 Å². The van der Waals surface area contributed by atoms with Gasteiger partial charge in [-0.05, 0) is 31.7 Å². The number of benzene rings is 1. The van der Waals surface area contributed by atoms with Crippen LogP contribution in [0.3, 0.4) is 0 Å². The van der Waals surface area contributed by atoms with Gasteiger partial charge in [0.05, 0.1) is 12.7 Å². The largest absolute Gasteiger partial charge is 0.399 e. The van der Waals surface area contributed by atoms with E-state index in [1.165, 1.54) is 0 Å². The molecular formula is C13H22N2O2. The number of hydrogen-bond acceptors (Lipinski definition) is 4. The number of nitrogens with zero attached hydrogens (tertiary/aromatic N) is 1. The van der Waals surface area contributed by atoms with E-state index in [1.807, 2.05) is 37.1 Å². The standard InChI is InChI=1S/C13H22N2O2/c1-3-17-8-7-15(2)10-13(16)11-5-4-6-12(14)9-11/h4-6,9,13,16H,3,7-8,10,14H2,1-2H3. The summed E-state index contributed by atoms with van der Waals surface area (Å²) in [5, 5.41) is 10.0. The Hall–Kier alpha value is -1.10. The third-order valence-corrected chi connectivity index (χ3v) is 2.60. The van der Waals surface area contributed by atoms with Crippen LogP contribution in [0, 0.1) is 0 Å². The highest BCUT2D eigenvalue weighted by atomic mass is 16.5. The SMILES string of the molecule is CCOCCN(C)CC(O)c1cccc(N)c1. The number of anilines is 1. The quantitative estimate of drug-likeness (QED) is 0.555. The Balaban J connectivity index is 2.40. The lowest BCUT2D eigenvalue weighted by Gasteiger charge is -2.20. The normalized spacial score (nSPS) is 12.9. The second kappa shape index (κ2) is 7.27. The van der Waals surface area contributed by atoms with Crippen molar-refractivity contribution in [2.45, 2.75) is 13.0 Å². The van der Waals surface area contributed by atoms with E-state index in [4.69, 9.17) is 10.5 Å². The van der Waals surface area contributed by atoms with Crippen LogP contribution in [0.4, 0.5) is 5.69 Å². The molecule has 0 aromatic heterocycles. The van der Waals surface area contributed by atoms with Crippen LogP contribution in [0.15, 0.2) is 24.3 Å². The van der Waals surface area contributed by atoms with Crippen molar-refractivity contribution in [3.63, 3.8) is 0 Å². The number of nitrogens with two attached hydrogens (primary N) is 1. The predicted molar refractivity (Wildman–Crippen MR) is 69.8 cm³/mol. The fourth-order valence-electron chi connectivity index (χ4n) is 1.62. The molecule has 1 unspecified atom stereocenters. The minimum atomic E-state index is -0.509. The van der Waals surface area contributed by atoms with Crippen LogP contribution in [0.2, 0.25) is 0 Å². The van der Waals surface area contributed by atoms with Crippen LogP contribution in [-0.2, 0) is 4.74 Å². The second-order valence-electron chi connectivity index (χ2n) is 4.15. The molecule has 1 aromatic rings. The summed E-state index contributed by atoms with van der Waals surface area (Å²) in [5.41, 5.74) is 7.21. The highest BCUT2D eigenvalue weighted by Gasteiger charge is 2.10. The molecule has 1 atom stereocenters. The van der Waals surface area contributed by atoms with Crippen molar-refractivity contribution in [3.05, 3.63) is 29.8 Å². The maximum Gasteiger partial charge on any atom is 0.0917 e. The Morgan fingerprint density at radius 2 is 2.24 bits per heavy atom. The maximum atomic E-state index is 10.0. The van der Waals surface area contributed by atoms with Crippen molar-refractivity contribution >= 4 is 5.69 Å². The van der Waals surface area contributed by atoms with Gasteiger partial charge >= 0.3 is 0 Å². The van der Waals surface area contributed by atoms with Gasteiger partial charge in [0, 0.05) is 25.4 Å². The number of likely N-dealkylation sites (N-methyl/N-ethyl adjacent to an activating group) is 1.